The Hall–Kier alpha value is -3.39. The molecule has 0 bridgehead atoms. The van der Waals surface area contributed by atoms with Gasteiger partial charge in [-0.3, -0.25) is 14.6 Å². The van der Waals surface area contributed by atoms with Crippen molar-refractivity contribution in [3.63, 3.8) is 0 Å². The van der Waals surface area contributed by atoms with Crippen LogP contribution >= 0.6 is 0 Å². The maximum Gasteiger partial charge on any atom is 0.320 e. The maximum atomic E-state index is 10.8. The fourth-order valence-electron chi connectivity index (χ4n) is 2.88. The molecule has 32 heavy (non-hydrogen) atoms. The van der Waals surface area contributed by atoms with E-state index in [0.717, 1.165) is 5.70 Å². The van der Waals surface area contributed by atoms with Gasteiger partial charge in [0.05, 0.1) is 22.8 Å². The molecule has 2 rings (SSSR count). The summed E-state index contributed by atoms with van der Waals surface area (Å²) in [6.07, 6.45) is 5.11. The van der Waals surface area contributed by atoms with Gasteiger partial charge in [-0.2, -0.15) is 0 Å². The standard InChI is InChI=1S/C19H31N9O4/c20-12(18(29)30)4-2-8-27(23)10-14(22)15-6-1-7-16(24-15)17-11-28(26-25-17)9-3-5-13(21)19(31)32/h1,6-7,10-13,25-26H,2-5,8-9,20-23H2,(H,29,30)(H,31,32)/b14-10-. The maximum absolute atomic E-state index is 10.8. The van der Waals surface area contributed by atoms with Gasteiger partial charge in [0.15, 0.2) is 0 Å². The van der Waals surface area contributed by atoms with E-state index in [0.29, 0.717) is 55.9 Å². The molecule has 0 aliphatic carbocycles. The number of aliphatic carboxylic acids is 2. The number of carboxylic acids is 2. The summed E-state index contributed by atoms with van der Waals surface area (Å²) >= 11 is 0. The van der Waals surface area contributed by atoms with Crippen LogP contribution in [0.25, 0.3) is 11.4 Å². The highest BCUT2D eigenvalue weighted by atomic mass is 16.4. The summed E-state index contributed by atoms with van der Waals surface area (Å²) in [6.45, 7) is 0.950. The van der Waals surface area contributed by atoms with Crippen molar-refractivity contribution in [1.29, 1.82) is 0 Å². The van der Waals surface area contributed by atoms with Gasteiger partial charge >= 0.3 is 11.9 Å². The van der Waals surface area contributed by atoms with E-state index in [1.807, 2.05) is 18.3 Å². The summed E-state index contributed by atoms with van der Waals surface area (Å²) < 4.78 is 0. The van der Waals surface area contributed by atoms with Gasteiger partial charge in [0.1, 0.15) is 12.1 Å². The Morgan fingerprint density at radius 1 is 1.16 bits per heavy atom. The number of pyridine rings is 1. The van der Waals surface area contributed by atoms with Gasteiger partial charge in [-0.15, -0.1) is 5.53 Å². The minimum atomic E-state index is -1.05. The average molecular weight is 450 g/mol. The van der Waals surface area contributed by atoms with Crippen LogP contribution in [0.15, 0.2) is 30.6 Å². The lowest BCUT2D eigenvalue weighted by Crippen LogP contribution is -2.38. The zero-order valence-corrected chi connectivity index (χ0v) is 17.6. The topological polar surface area (TPSA) is 222 Å². The molecule has 176 valence electrons. The van der Waals surface area contributed by atoms with Crippen LogP contribution in [0, 0.1) is 0 Å². The minimum Gasteiger partial charge on any atom is -0.480 e. The van der Waals surface area contributed by atoms with E-state index in [9.17, 15) is 9.59 Å². The van der Waals surface area contributed by atoms with Gasteiger partial charge in [0.25, 0.3) is 0 Å². The minimum absolute atomic E-state index is 0.302. The molecule has 2 unspecified atom stereocenters. The second kappa shape index (κ2) is 11.9. The van der Waals surface area contributed by atoms with E-state index in [1.54, 1.807) is 11.1 Å². The first kappa shape index (κ1) is 24.9. The van der Waals surface area contributed by atoms with Crippen molar-refractivity contribution in [3.05, 3.63) is 42.0 Å². The van der Waals surface area contributed by atoms with Gasteiger partial charge < -0.3 is 37.8 Å². The lowest BCUT2D eigenvalue weighted by molar-refractivity contribution is -0.139. The van der Waals surface area contributed by atoms with E-state index in [4.69, 9.17) is 33.3 Å². The monoisotopic (exact) mass is 449 g/mol. The summed E-state index contributed by atoms with van der Waals surface area (Å²) in [5.41, 5.74) is 25.3. The highest BCUT2D eigenvalue weighted by molar-refractivity contribution is 5.73. The molecule has 0 saturated carbocycles. The molecule has 0 fully saturated rings. The van der Waals surface area contributed by atoms with Crippen LogP contribution in [0.4, 0.5) is 0 Å². The van der Waals surface area contributed by atoms with Crippen LogP contribution in [-0.2, 0) is 9.59 Å². The summed E-state index contributed by atoms with van der Waals surface area (Å²) in [7, 11) is 0. The zero-order valence-electron chi connectivity index (χ0n) is 17.6. The first-order chi connectivity index (χ1) is 15.2. The molecule has 0 radical (unpaired) electrons. The van der Waals surface area contributed by atoms with Gasteiger partial charge in [-0.05, 0) is 37.8 Å². The van der Waals surface area contributed by atoms with Gasteiger partial charge in [0, 0.05) is 25.5 Å². The molecule has 1 aliphatic rings. The van der Waals surface area contributed by atoms with E-state index in [2.05, 4.69) is 15.9 Å². The van der Waals surface area contributed by atoms with Gasteiger partial charge in [-0.1, -0.05) is 6.07 Å². The number of aromatic nitrogens is 1. The normalized spacial score (nSPS) is 15.7. The van der Waals surface area contributed by atoms with E-state index in [-0.39, 0.29) is 0 Å². The van der Waals surface area contributed by atoms with Crippen molar-refractivity contribution in [3.8, 4) is 0 Å². The van der Waals surface area contributed by atoms with Crippen molar-refractivity contribution in [2.24, 2.45) is 23.0 Å². The molecular weight excluding hydrogens is 418 g/mol. The van der Waals surface area contributed by atoms with Crippen LogP contribution in [-0.4, -0.2) is 62.3 Å². The quantitative estimate of drug-likeness (QED) is 0.127. The molecule has 12 N–H and O–H groups in total. The Morgan fingerprint density at radius 2 is 1.81 bits per heavy atom. The number of nitrogens with two attached hydrogens (primary N) is 4. The van der Waals surface area contributed by atoms with Crippen molar-refractivity contribution in [2.75, 3.05) is 13.1 Å². The molecule has 13 heteroatoms. The second-order valence-corrected chi connectivity index (χ2v) is 7.38. The number of rotatable bonds is 13. The second-order valence-electron chi connectivity index (χ2n) is 7.38. The van der Waals surface area contributed by atoms with Crippen molar-refractivity contribution in [2.45, 2.75) is 37.8 Å². The molecule has 2 heterocycles. The lowest BCUT2D eigenvalue weighted by atomic mass is 10.1. The fraction of sp³-hybridized carbons (Fsp3) is 0.421. The molecule has 1 aromatic heterocycles. The van der Waals surface area contributed by atoms with Crippen LogP contribution in [0.5, 0.6) is 0 Å². The number of hydrogen-bond acceptors (Lipinski definition) is 11. The van der Waals surface area contributed by atoms with Crippen molar-refractivity contribution in [1.82, 2.24) is 26.0 Å². The predicted molar refractivity (Wildman–Crippen MR) is 118 cm³/mol. The summed E-state index contributed by atoms with van der Waals surface area (Å²) in [5.74, 6) is 3.86. The molecule has 1 aromatic rings. The molecular formula is C19H31N9O4. The molecule has 0 amide bonds. The highest BCUT2D eigenvalue weighted by Gasteiger charge is 2.16. The zero-order chi connectivity index (χ0) is 23.7. The van der Waals surface area contributed by atoms with Crippen LogP contribution < -0.4 is 34.0 Å². The van der Waals surface area contributed by atoms with Crippen LogP contribution in [0.3, 0.4) is 0 Å². The Labute approximate surface area is 185 Å². The number of nitrogens with zero attached hydrogens (tertiary/aromatic N) is 3. The summed E-state index contributed by atoms with van der Waals surface area (Å²) in [5, 5.41) is 20.8. The van der Waals surface area contributed by atoms with Gasteiger partial charge in [0.2, 0.25) is 0 Å². The smallest absolute Gasteiger partial charge is 0.320 e. The Morgan fingerprint density at radius 3 is 2.47 bits per heavy atom. The Bertz CT molecular complexity index is 861. The van der Waals surface area contributed by atoms with E-state index < -0.39 is 24.0 Å². The summed E-state index contributed by atoms with van der Waals surface area (Å²) in [4.78, 5) is 26.1. The number of hydrogen-bond donors (Lipinski definition) is 8. The molecule has 0 aromatic carbocycles. The predicted octanol–water partition coefficient (Wildman–Crippen LogP) is -1.48. The van der Waals surface area contributed by atoms with Crippen LogP contribution in [0.2, 0.25) is 0 Å². The van der Waals surface area contributed by atoms with Crippen LogP contribution in [0.1, 0.15) is 37.1 Å². The number of carboxylic acid groups (broad SMARTS) is 2. The molecule has 1 aliphatic heterocycles. The van der Waals surface area contributed by atoms with Gasteiger partial charge in [-0.25, -0.2) is 10.8 Å². The van der Waals surface area contributed by atoms with E-state index in [1.165, 1.54) is 11.2 Å². The first-order valence-corrected chi connectivity index (χ1v) is 10.1. The first-order valence-electron chi connectivity index (χ1n) is 10.1. The molecule has 0 saturated heterocycles. The third-order valence-corrected chi connectivity index (χ3v) is 4.72. The third kappa shape index (κ3) is 7.70. The molecule has 2 atom stereocenters. The average Bonchev–Trinajstić information content (AvgIpc) is 3.22. The largest absolute Gasteiger partial charge is 0.480 e. The lowest BCUT2D eigenvalue weighted by Gasteiger charge is -2.16. The van der Waals surface area contributed by atoms with Crippen molar-refractivity contribution >= 4 is 23.3 Å². The Balaban J connectivity index is 1.92. The highest BCUT2D eigenvalue weighted by Crippen LogP contribution is 2.16. The fourth-order valence-corrected chi connectivity index (χ4v) is 2.88. The van der Waals surface area contributed by atoms with Crippen molar-refractivity contribution < 1.29 is 19.8 Å². The third-order valence-electron chi connectivity index (χ3n) is 4.72. The molecule has 13 nitrogen and oxygen atoms in total. The number of hydrazine groups is 3. The van der Waals surface area contributed by atoms with E-state index >= 15 is 0 Å². The molecule has 0 spiro atoms. The SMILES string of the molecule is N/C(=C\N(N)CCCC(N)C(=O)O)c1cccc(C2=CN(CCCC(N)C(=O)O)NN2)n1. The number of nitrogens with one attached hydrogen (secondary N) is 2. The number of carbonyl (C=O) groups is 2. The summed E-state index contributed by atoms with van der Waals surface area (Å²) in [6, 6.07) is 3.57. The Kier molecular flexibility index (Phi) is 9.22.